The van der Waals surface area contributed by atoms with Crippen LogP contribution in [0.1, 0.15) is 19.3 Å². The highest BCUT2D eigenvalue weighted by molar-refractivity contribution is 4.71. The van der Waals surface area contributed by atoms with E-state index in [1.165, 1.54) is 30.7 Å². The van der Waals surface area contributed by atoms with Crippen LogP contribution in [0, 0.1) is 13.0 Å². The summed E-state index contributed by atoms with van der Waals surface area (Å²) >= 11 is 0. The maximum Gasteiger partial charge on any atom is 0.0530 e. The van der Waals surface area contributed by atoms with Gasteiger partial charge >= 0.3 is 0 Å². The molecule has 0 bridgehead atoms. The average Bonchev–Trinajstić information content (AvgIpc) is 2.41. The molecule has 1 rings (SSSR count). The highest BCUT2D eigenvalue weighted by Crippen LogP contribution is 2.31. The van der Waals surface area contributed by atoms with Gasteiger partial charge < -0.3 is 4.90 Å². The van der Waals surface area contributed by atoms with E-state index in [0.29, 0.717) is 0 Å². The number of hydrogen-bond acceptors (Lipinski definition) is 0. The van der Waals surface area contributed by atoms with E-state index in [0.717, 1.165) is 5.92 Å². The van der Waals surface area contributed by atoms with E-state index in [9.17, 15) is 0 Å². The van der Waals surface area contributed by atoms with Crippen molar-refractivity contribution in [2.24, 2.45) is 5.92 Å². The molecule has 1 atom stereocenters. The lowest BCUT2D eigenvalue weighted by Crippen LogP contribution is -3.03. The van der Waals surface area contributed by atoms with Crippen LogP contribution in [0.4, 0.5) is 0 Å². The van der Waals surface area contributed by atoms with Crippen LogP contribution in [-0.4, -0.2) is 13.6 Å². The van der Waals surface area contributed by atoms with Gasteiger partial charge in [-0.3, -0.25) is 0 Å². The molecule has 1 fully saturated rings. The molecule has 0 aromatic rings. The standard InChI is InChI=1S/C7H15N/c1-8(2)6-5-7-3-4-7/h7-8H,1,3-6H2,2H3. The zero-order chi connectivity index (χ0) is 5.98. The van der Waals surface area contributed by atoms with Crippen molar-refractivity contribution in [3.8, 4) is 0 Å². The van der Waals surface area contributed by atoms with Crippen molar-refractivity contribution < 1.29 is 4.90 Å². The van der Waals surface area contributed by atoms with Crippen molar-refractivity contribution in [1.82, 2.24) is 0 Å². The van der Waals surface area contributed by atoms with Gasteiger partial charge in [0.2, 0.25) is 0 Å². The number of nitrogens with one attached hydrogen (secondary N) is 1. The SMILES string of the molecule is [CH2-][NH+](C)CCC1CC1. The lowest BCUT2D eigenvalue weighted by molar-refractivity contribution is -0.832. The van der Waals surface area contributed by atoms with Gasteiger partial charge in [0, 0.05) is 7.05 Å². The Hall–Kier alpha value is -0.0400. The summed E-state index contributed by atoms with van der Waals surface area (Å²) in [7, 11) is 5.97. The second kappa shape index (κ2) is 2.49. The van der Waals surface area contributed by atoms with E-state index in [-0.39, 0.29) is 0 Å². The molecule has 0 amide bonds. The fraction of sp³-hybridized carbons (Fsp3) is 0.857. The number of rotatable bonds is 3. The predicted molar refractivity (Wildman–Crippen MR) is 34.5 cm³/mol. The van der Waals surface area contributed by atoms with Gasteiger partial charge in [0.1, 0.15) is 0 Å². The molecule has 8 heavy (non-hydrogen) atoms. The molecule has 0 saturated heterocycles. The van der Waals surface area contributed by atoms with Crippen LogP contribution < -0.4 is 4.90 Å². The van der Waals surface area contributed by atoms with Crippen molar-refractivity contribution >= 4 is 0 Å². The molecule has 1 aliphatic carbocycles. The first-order valence-corrected chi connectivity index (χ1v) is 3.43. The molecule has 48 valence electrons. The Balaban J connectivity index is 1.87. The van der Waals surface area contributed by atoms with Crippen molar-refractivity contribution in [3.63, 3.8) is 0 Å². The fourth-order valence-electron chi connectivity index (χ4n) is 0.857. The Morgan fingerprint density at radius 2 is 2.25 bits per heavy atom. The third kappa shape index (κ3) is 2.31. The van der Waals surface area contributed by atoms with Gasteiger partial charge in [-0.25, -0.2) is 0 Å². The minimum Gasteiger partial charge on any atom is -0.470 e. The molecular formula is C7H15N. The summed E-state index contributed by atoms with van der Waals surface area (Å²) in [5.74, 6) is 1.08. The maximum absolute atomic E-state index is 3.85. The van der Waals surface area contributed by atoms with Crippen molar-refractivity contribution in [1.29, 1.82) is 0 Å². The Morgan fingerprint density at radius 3 is 2.62 bits per heavy atom. The van der Waals surface area contributed by atoms with Crippen molar-refractivity contribution in [3.05, 3.63) is 7.05 Å². The first-order valence-electron chi connectivity index (χ1n) is 3.43. The Bertz CT molecular complexity index is 62.8. The molecule has 1 N–H and O–H groups in total. The summed E-state index contributed by atoms with van der Waals surface area (Å²) in [5, 5.41) is 0. The van der Waals surface area contributed by atoms with E-state index < -0.39 is 0 Å². The summed E-state index contributed by atoms with van der Waals surface area (Å²) in [4.78, 5) is 1.34. The quantitative estimate of drug-likeness (QED) is 0.495. The normalized spacial score (nSPS) is 23.2. The molecule has 0 aromatic carbocycles. The van der Waals surface area contributed by atoms with Crippen LogP contribution in [-0.2, 0) is 0 Å². The molecule has 0 aromatic heterocycles. The molecule has 1 saturated carbocycles. The first-order chi connectivity index (χ1) is 3.79. The molecule has 1 heteroatoms. The van der Waals surface area contributed by atoms with E-state index in [1.54, 1.807) is 0 Å². The van der Waals surface area contributed by atoms with Gasteiger partial charge in [0.15, 0.2) is 0 Å². The lowest BCUT2D eigenvalue weighted by Gasteiger charge is -2.12. The third-order valence-electron chi connectivity index (χ3n) is 1.68. The molecule has 1 aliphatic rings. The van der Waals surface area contributed by atoms with Gasteiger partial charge in [0.05, 0.1) is 6.54 Å². The van der Waals surface area contributed by atoms with Gasteiger partial charge in [-0.05, 0) is 25.2 Å². The van der Waals surface area contributed by atoms with Crippen LogP contribution in [0.5, 0.6) is 0 Å². The zero-order valence-corrected chi connectivity index (χ0v) is 5.61. The van der Waals surface area contributed by atoms with Crippen molar-refractivity contribution in [2.75, 3.05) is 13.6 Å². The molecule has 0 heterocycles. The van der Waals surface area contributed by atoms with Crippen LogP contribution in [0.15, 0.2) is 0 Å². The van der Waals surface area contributed by atoms with Crippen molar-refractivity contribution in [2.45, 2.75) is 19.3 Å². The fourth-order valence-corrected chi connectivity index (χ4v) is 0.857. The summed E-state index contributed by atoms with van der Waals surface area (Å²) in [5.41, 5.74) is 0. The lowest BCUT2D eigenvalue weighted by atomic mass is 10.3. The Morgan fingerprint density at radius 1 is 1.62 bits per heavy atom. The second-order valence-corrected chi connectivity index (χ2v) is 2.94. The molecule has 0 radical (unpaired) electrons. The maximum atomic E-state index is 3.85. The largest absolute Gasteiger partial charge is 0.470 e. The molecular weight excluding hydrogens is 98.1 g/mol. The van der Waals surface area contributed by atoms with Gasteiger partial charge in [0.25, 0.3) is 0 Å². The smallest absolute Gasteiger partial charge is 0.0530 e. The molecule has 1 nitrogen and oxygen atoms in total. The highest BCUT2D eigenvalue weighted by Gasteiger charge is 2.20. The van der Waals surface area contributed by atoms with Crippen LogP contribution in [0.2, 0.25) is 0 Å². The van der Waals surface area contributed by atoms with E-state index in [2.05, 4.69) is 14.1 Å². The summed E-state index contributed by atoms with van der Waals surface area (Å²) in [6, 6.07) is 0. The molecule has 1 unspecified atom stereocenters. The summed E-state index contributed by atoms with van der Waals surface area (Å²) in [6.45, 7) is 1.25. The Labute approximate surface area is 51.7 Å². The van der Waals surface area contributed by atoms with Gasteiger partial charge in [-0.1, -0.05) is 0 Å². The monoisotopic (exact) mass is 113 g/mol. The number of quaternary nitrogens is 1. The van der Waals surface area contributed by atoms with Gasteiger partial charge in [-0.15, -0.1) is 0 Å². The van der Waals surface area contributed by atoms with E-state index >= 15 is 0 Å². The predicted octanol–water partition coefficient (Wildman–Crippen LogP) is 0.0928. The minimum atomic E-state index is 1.08. The van der Waals surface area contributed by atoms with E-state index in [4.69, 9.17) is 0 Å². The highest BCUT2D eigenvalue weighted by atomic mass is 15.0. The second-order valence-electron chi connectivity index (χ2n) is 2.94. The van der Waals surface area contributed by atoms with Crippen LogP contribution in [0.25, 0.3) is 0 Å². The summed E-state index contributed by atoms with van der Waals surface area (Å²) < 4.78 is 0. The summed E-state index contributed by atoms with van der Waals surface area (Å²) in [6.07, 6.45) is 4.36. The zero-order valence-electron chi connectivity index (χ0n) is 5.61. The van der Waals surface area contributed by atoms with Crippen LogP contribution >= 0.6 is 0 Å². The Kier molecular flexibility index (Phi) is 1.90. The van der Waals surface area contributed by atoms with Crippen LogP contribution in [0.3, 0.4) is 0 Å². The van der Waals surface area contributed by atoms with E-state index in [1.807, 2.05) is 0 Å². The molecule has 0 aliphatic heterocycles. The molecule has 0 spiro atoms. The first kappa shape index (κ1) is 6.09. The minimum absolute atomic E-state index is 1.08. The topological polar surface area (TPSA) is 4.44 Å². The third-order valence-corrected chi connectivity index (χ3v) is 1.68. The average molecular weight is 113 g/mol. The number of hydrogen-bond donors (Lipinski definition) is 1. The van der Waals surface area contributed by atoms with Gasteiger partial charge in [-0.2, -0.15) is 7.05 Å².